The van der Waals surface area contributed by atoms with E-state index in [0.29, 0.717) is 17.8 Å². The minimum absolute atomic E-state index is 0.00514. The van der Waals surface area contributed by atoms with Gasteiger partial charge in [-0.15, -0.1) is 0 Å². The Morgan fingerprint density at radius 1 is 1.12 bits per heavy atom. The summed E-state index contributed by atoms with van der Waals surface area (Å²) in [6.45, 7) is 3.84. The molecule has 33 heavy (non-hydrogen) atoms. The van der Waals surface area contributed by atoms with Crippen molar-refractivity contribution in [1.29, 1.82) is 0 Å². The largest absolute Gasteiger partial charge is 0.418 e. The highest BCUT2D eigenvalue weighted by atomic mass is 32.2. The Kier molecular flexibility index (Phi) is 7.09. The average molecular weight is 484 g/mol. The summed E-state index contributed by atoms with van der Waals surface area (Å²) in [5, 5.41) is 2.32. The number of rotatable bonds is 5. The molecule has 0 aliphatic carbocycles. The Hall–Kier alpha value is -2.59. The molecule has 6 nitrogen and oxygen atoms in total. The van der Waals surface area contributed by atoms with Gasteiger partial charge in [0.05, 0.1) is 16.1 Å². The van der Waals surface area contributed by atoms with Gasteiger partial charge in [0.1, 0.15) is 0 Å². The summed E-state index contributed by atoms with van der Waals surface area (Å²) < 4.78 is 68.7. The lowest BCUT2D eigenvalue weighted by Crippen LogP contribution is -2.42. The van der Waals surface area contributed by atoms with Crippen LogP contribution in [0, 0.1) is 6.92 Å². The molecule has 2 aromatic carbocycles. The third-order valence-corrected chi connectivity index (χ3v) is 7.88. The van der Waals surface area contributed by atoms with E-state index in [-0.39, 0.29) is 16.5 Å². The average Bonchev–Trinajstić information content (AvgIpc) is 2.73. The summed E-state index contributed by atoms with van der Waals surface area (Å²) in [6.07, 6.45) is -2.23. The van der Waals surface area contributed by atoms with Gasteiger partial charge in [0.25, 0.3) is 5.91 Å². The van der Waals surface area contributed by atoms with Gasteiger partial charge in [-0.05, 0) is 62.6 Å². The number of halogens is 3. The van der Waals surface area contributed by atoms with Crippen molar-refractivity contribution >= 4 is 27.3 Å². The fourth-order valence-corrected chi connectivity index (χ4v) is 5.64. The molecule has 0 spiro atoms. The van der Waals surface area contributed by atoms with Gasteiger partial charge in [-0.3, -0.25) is 4.79 Å². The second kappa shape index (κ2) is 9.34. The zero-order valence-electron chi connectivity index (χ0n) is 19.0. The molecular weight excluding hydrogens is 455 g/mol. The van der Waals surface area contributed by atoms with E-state index in [1.54, 1.807) is 21.0 Å². The van der Waals surface area contributed by atoms with Crippen LogP contribution in [0.5, 0.6) is 0 Å². The smallest absolute Gasteiger partial charge is 0.378 e. The lowest BCUT2D eigenvalue weighted by atomic mass is 10.1. The minimum atomic E-state index is -4.68. The first-order valence-corrected chi connectivity index (χ1v) is 12.1. The molecule has 180 valence electrons. The van der Waals surface area contributed by atoms with Crippen molar-refractivity contribution in [1.82, 2.24) is 4.31 Å². The number of hydrogen-bond acceptors (Lipinski definition) is 4. The molecule has 1 fully saturated rings. The van der Waals surface area contributed by atoms with E-state index in [1.165, 1.54) is 39.5 Å². The molecular formula is C23H28F3N3O3S. The molecule has 1 unspecified atom stereocenters. The molecule has 1 aliphatic rings. The maximum absolute atomic E-state index is 13.6. The number of carbonyl (C=O) groups is 1. The maximum atomic E-state index is 13.6. The summed E-state index contributed by atoms with van der Waals surface area (Å²) in [5.41, 5.74) is -0.580. The van der Waals surface area contributed by atoms with E-state index in [2.05, 4.69) is 5.32 Å². The first-order chi connectivity index (χ1) is 15.3. The molecule has 0 bridgehead atoms. The van der Waals surface area contributed by atoms with E-state index in [0.717, 1.165) is 25.3 Å². The van der Waals surface area contributed by atoms with Crippen molar-refractivity contribution in [2.75, 3.05) is 30.9 Å². The molecule has 10 heteroatoms. The number of sulfonamides is 1. The quantitative estimate of drug-likeness (QED) is 0.657. The van der Waals surface area contributed by atoms with Crippen LogP contribution in [0.25, 0.3) is 0 Å². The Bertz CT molecular complexity index is 1150. The van der Waals surface area contributed by atoms with Crippen molar-refractivity contribution in [3.8, 4) is 0 Å². The predicted molar refractivity (Wildman–Crippen MR) is 122 cm³/mol. The van der Waals surface area contributed by atoms with Crippen LogP contribution in [0.4, 0.5) is 24.5 Å². The zero-order valence-corrected chi connectivity index (χ0v) is 19.8. The molecule has 1 heterocycles. The van der Waals surface area contributed by atoms with Crippen molar-refractivity contribution in [3.63, 3.8) is 0 Å². The van der Waals surface area contributed by atoms with Gasteiger partial charge in [-0.2, -0.15) is 17.5 Å². The van der Waals surface area contributed by atoms with E-state index in [4.69, 9.17) is 0 Å². The fraction of sp³-hybridized carbons (Fsp3) is 0.435. The SMILES string of the molecule is Cc1ccc(S(=O)(=O)N2CCCCC2C)cc1C(=O)Nc1ccc(N(C)C)cc1C(F)(F)F. The van der Waals surface area contributed by atoms with Gasteiger partial charge in [-0.25, -0.2) is 8.42 Å². The highest BCUT2D eigenvalue weighted by molar-refractivity contribution is 7.89. The summed E-state index contributed by atoms with van der Waals surface area (Å²) >= 11 is 0. The van der Waals surface area contributed by atoms with E-state index >= 15 is 0 Å². The second-order valence-electron chi connectivity index (χ2n) is 8.51. The predicted octanol–water partition coefficient (Wildman–Crippen LogP) is 4.90. The molecule has 0 saturated carbocycles. The first kappa shape index (κ1) is 25.0. The zero-order chi connectivity index (χ0) is 24.6. The number of hydrogen-bond donors (Lipinski definition) is 1. The highest BCUT2D eigenvalue weighted by Crippen LogP contribution is 2.37. The van der Waals surface area contributed by atoms with Gasteiger partial charge >= 0.3 is 6.18 Å². The van der Waals surface area contributed by atoms with Crippen molar-refractivity contribution in [2.45, 2.75) is 50.2 Å². The Morgan fingerprint density at radius 2 is 1.82 bits per heavy atom. The highest BCUT2D eigenvalue weighted by Gasteiger charge is 2.35. The Balaban J connectivity index is 1.96. The number of carbonyl (C=O) groups excluding carboxylic acids is 1. The van der Waals surface area contributed by atoms with Gasteiger partial charge in [0, 0.05) is 37.9 Å². The van der Waals surface area contributed by atoms with Crippen LogP contribution in [-0.4, -0.2) is 45.3 Å². The molecule has 1 N–H and O–H groups in total. The third kappa shape index (κ3) is 5.33. The number of piperidine rings is 1. The molecule has 0 aromatic heterocycles. The molecule has 1 atom stereocenters. The Labute approximate surface area is 192 Å². The molecule has 1 aliphatic heterocycles. The van der Waals surface area contributed by atoms with Gasteiger partial charge in [-0.1, -0.05) is 12.5 Å². The van der Waals surface area contributed by atoms with Gasteiger partial charge < -0.3 is 10.2 Å². The first-order valence-electron chi connectivity index (χ1n) is 10.6. The molecule has 2 aromatic rings. The number of anilines is 2. The number of amides is 1. The fourth-order valence-electron chi connectivity index (χ4n) is 3.91. The van der Waals surface area contributed by atoms with Gasteiger partial charge in [0.15, 0.2) is 0 Å². The molecule has 1 saturated heterocycles. The van der Waals surface area contributed by atoms with Crippen molar-refractivity contribution < 1.29 is 26.4 Å². The summed E-state index contributed by atoms with van der Waals surface area (Å²) in [6, 6.07) is 7.63. The van der Waals surface area contributed by atoms with Crippen molar-refractivity contribution in [2.24, 2.45) is 0 Å². The maximum Gasteiger partial charge on any atom is 0.418 e. The summed E-state index contributed by atoms with van der Waals surface area (Å²) in [7, 11) is -0.601. The monoisotopic (exact) mass is 483 g/mol. The van der Waals surface area contributed by atoms with Crippen LogP contribution in [0.15, 0.2) is 41.3 Å². The topological polar surface area (TPSA) is 69.7 Å². The Morgan fingerprint density at radius 3 is 2.42 bits per heavy atom. The van der Waals surface area contributed by atoms with E-state index in [1.807, 2.05) is 6.92 Å². The number of nitrogens with one attached hydrogen (secondary N) is 1. The number of alkyl halides is 3. The molecule has 3 rings (SSSR count). The standard InChI is InChI=1S/C23H28F3N3O3S/c1-15-8-10-18(33(31,32)29-12-6-5-7-16(29)2)14-19(15)22(30)27-21-11-9-17(28(3)4)13-20(21)23(24,25)26/h8-11,13-14,16H,5-7,12H2,1-4H3,(H,27,30). The third-order valence-electron chi connectivity index (χ3n) is 5.88. The van der Waals surface area contributed by atoms with Crippen LogP contribution in [-0.2, 0) is 16.2 Å². The van der Waals surface area contributed by atoms with Crippen LogP contribution >= 0.6 is 0 Å². The summed E-state index contributed by atoms with van der Waals surface area (Å²) in [4.78, 5) is 14.4. The number of benzene rings is 2. The van der Waals surface area contributed by atoms with Crippen LogP contribution in [0.3, 0.4) is 0 Å². The molecule has 0 radical (unpaired) electrons. The van der Waals surface area contributed by atoms with Crippen LogP contribution < -0.4 is 10.2 Å². The van der Waals surface area contributed by atoms with Crippen LogP contribution in [0.2, 0.25) is 0 Å². The van der Waals surface area contributed by atoms with Crippen molar-refractivity contribution in [3.05, 3.63) is 53.1 Å². The lowest BCUT2D eigenvalue weighted by Gasteiger charge is -2.32. The number of nitrogens with zero attached hydrogens (tertiary/aromatic N) is 2. The van der Waals surface area contributed by atoms with Gasteiger partial charge in [0.2, 0.25) is 10.0 Å². The normalized spacial score (nSPS) is 17.6. The lowest BCUT2D eigenvalue weighted by molar-refractivity contribution is -0.136. The minimum Gasteiger partial charge on any atom is -0.378 e. The molecule has 1 amide bonds. The summed E-state index contributed by atoms with van der Waals surface area (Å²) in [5.74, 6) is -0.806. The van der Waals surface area contributed by atoms with Crippen LogP contribution in [0.1, 0.15) is 47.7 Å². The van der Waals surface area contributed by atoms with E-state index in [9.17, 15) is 26.4 Å². The van der Waals surface area contributed by atoms with E-state index < -0.39 is 33.4 Å². The number of aryl methyl sites for hydroxylation is 1. The second-order valence-corrected chi connectivity index (χ2v) is 10.4.